The monoisotopic (exact) mass is 490 g/mol. The van der Waals surface area contributed by atoms with Gasteiger partial charge in [0.15, 0.2) is 6.61 Å². The smallest absolute Gasteiger partial charge is 0.306 e. The van der Waals surface area contributed by atoms with Gasteiger partial charge in [0.1, 0.15) is 5.82 Å². The molecule has 10 heteroatoms. The van der Waals surface area contributed by atoms with Crippen molar-refractivity contribution >= 4 is 32.9 Å². The maximum atomic E-state index is 12.9. The third-order valence-corrected chi connectivity index (χ3v) is 7.47. The predicted octanol–water partition coefficient (Wildman–Crippen LogP) is 2.76. The number of fused-ring (bicyclic) bond motifs is 1. The molecule has 0 radical (unpaired) electrons. The number of imidazole rings is 1. The Kier molecular flexibility index (Phi) is 10.0. The average Bonchev–Trinajstić information content (AvgIpc) is 3.18. The fraction of sp³-hybridized carbons (Fsp3) is 0.458. The summed E-state index contributed by atoms with van der Waals surface area (Å²) in [5.74, 6) is -0.181. The first-order valence-corrected chi connectivity index (χ1v) is 12.8. The molecule has 0 aliphatic carbocycles. The van der Waals surface area contributed by atoms with Gasteiger partial charge in [-0.05, 0) is 25.1 Å². The maximum absolute atomic E-state index is 12.9. The number of hydrogen-bond acceptors (Lipinski definition) is 6. The molecular formula is C24H34N4O5S. The zero-order valence-corrected chi connectivity index (χ0v) is 21.0. The van der Waals surface area contributed by atoms with Crippen molar-refractivity contribution in [2.45, 2.75) is 45.1 Å². The zero-order chi connectivity index (χ0) is 25.3. The molecule has 0 fully saturated rings. The summed E-state index contributed by atoms with van der Waals surface area (Å²) in [5.41, 5.74) is 1.35. The molecule has 0 N–H and O–H groups in total. The lowest BCUT2D eigenvalue weighted by molar-refractivity contribution is -0.151. The zero-order valence-electron chi connectivity index (χ0n) is 20.2. The molecule has 34 heavy (non-hydrogen) atoms. The Bertz CT molecular complexity index is 1130. The van der Waals surface area contributed by atoms with Crippen LogP contribution in [0.25, 0.3) is 11.0 Å². The van der Waals surface area contributed by atoms with E-state index in [0.29, 0.717) is 50.5 Å². The van der Waals surface area contributed by atoms with Crippen LogP contribution in [0.1, 0.15) is 33.0 Å². The van der Waals surface area contributed by atoms with E-state index in [1.165, 1.54) is 9.21 Å². The minimum absolute atomic E-state index is 0.0458. The molecule has 9 nitrogen and oxygen atoms in total. The molecule has 0 spiro atoms. The topological polar surface area (TPSA) is 102 Å². The van der Waals surface area contributed by atoms with E-state index >= 15 is 0 Å². The van der Waals surface area contributed by atoms with E-state index in [1.54, 1.807) is 44.2 Å². The van der Waals surface area contributed by atoms with E-state index in [-0.39, 0.29) is 23.8 Å². The van der Waals surface area contributed by atoms with Crippen LogP contribution in [0, 0.1) is 0 Å². The molecule has 0 atom stereocenters. The molecule has 1 aromatic heterocycles. The van der Waals surface area contributed by atoms with Gasteiger partial charge in [0, 0.05) is 39.1 Å². The first kappa shape index (κ1) is 27.3. The van der Waals surface area contributed by atoms with E-state index in [1.807, 2.05) is 11.5 Å². The van der Waals surface area contributed by atoms with Gasteiger partial charge >= 0.3 is 5.97 Å². The second-order valence-electron chi connectivity index (χ2n) is 7.55. The first-order valence-electron chi connectivity index (χ1n) is 11.4. The van der Waals surface area contributed by atoms with Crippen molar-refractivity contribution in [1.82, 2.24) is 18.8 Å². The van der Waals surface area contributed by atoms with E-state index in [2.05, 4.69) is 18.1 Å². The van der Waals surface area contributed by atoms with Crippen molar-refractivity contribution in [2.24, 2.45) is 0 Å². The van der Waals surface area contributed by atoms with Gasteiger partial charge in [-0.25, -0.2) is 13.4 Å². The lowest BCUT2D eigenvalue weighted by Crippen LogP contribution is -2.35. The molecule has 1 heterocycles. The highest BCUT2D eigenvalue weighted by Gasteiger charge is 2.23. The molecule has 2 rings (SSSR count). The van der Waals surface area contributed by atoms with Crippen LogP contribution < -0.4 is 0 Å². The van der Waals surface area contributed by atoms with Crippen molar-refractivity contribution < 1.29 is 22.7 Å². The Labute approximate surface area is 201 Å². The summed E-state index contributed by atoms with van der Waals surface area (Å²) in [5, 5.41) is 0. The number of carbonyl (C=O) groups excluding carboxylic acids is 2. The third-order valence-electron chi connectivity index (χ3n) is 5.42. The van der Waals surface area contributed by atoms with Gasteiger partial charge in [-0.2, -0.15) is 4.31 Å². The van der Waals surface area contributed by atoms with E-state index in [0.717, 1.165) is 5.52 Å². The average molecular weight is 491 g/mol. The first-order chi connectivity index (χ1) is 16.2. The standard InChI is InChI=1S/C24H34N4O5S/c1-6-15-26(16-7-2)23(29)18-33-24(30)14-13-22-25-20-17-19(11-12-21(20)28(22)10-5)34(31,32)27(8-3)9-4/h6-7,11-12,17H,1-2,8-10,13-16,18H2,3-5H3. The number of hydrogen-bond donors (Lipinski definition) is 0. The van der Waals surface area contributed by atoms with Crippen molar-refractivity contribution in [3.05, 3.63) is 49.3 Å². The van der Waals surface area contributed by atoms with Crippen LogP contribution in [0.3, 0.4) is 0 Å². The maximum Gasteiger partial charge on any atom is 0.306 e. The van der Waals surface area contributed by atoms with Crippen LogP contribution >= 0.6 is 0 Å². The van der Waals surface area contributed by atoms with Crippen LogP contribution in [0.4, 0.5) is 0 Å². The predicted molar refractivity (Wildman–Crippen MR) is 132 cm³/mol. The molecule has 0 aliphatic heterocycles. The summed E-state index contributed by atoms with van der Waals surface area (Å²) in [6, 6.07) is 4.91. The normalized spacial score (nSPS) is 11.5. The number of carbonyl (C=O) groups is 2. The van der Waals surface area contributed by atoms with Gasteiger partial charge in [0.2, 0.25) is 10.0 Å². The minimum atomic E-state index is -3.60. The van der Waals surface area contributed by atoms with E-state index in [4.69, 9.17) is 4.74 Å². The molecule has 1 aromatic carbocycles. The molecule has 186 valence electrons. The van der Waals surface area contributed by atoms with Gasteiger partial charge < -0.3 is 14.2 Å². The number of esters is 1. The molecule has 1 amide bonds. The fourth-order valence-corrected chi connectivity index (χ4v) is 5.16. The number of nitrogens with zero attached hydrogens (tertiary/aromatic N) is 4. The molecular weight excluding hydrogens is 456 g/mol. The lowest BCUT2D eigenvalue weighted by atomic mass is 10.3. The second kappa shape index (κ2) is 12.5. The minimum Gasteiger partial charge on any atom is -0.456 e. The molecule has 0 saturated carbocycles. The Morgan fingerprint density at radius 2 is 1.76 bits per heavy atom. The van der Waals surface area contributed by atoms with Gasteiger partial charge in [-0.15, -0.1) is 13.2 Å². The summed E-state index contributed by atoms with van der Waals surface area (Å²) in [6.07, 6.45) is 3.54. The Balaban J connectivity index is 2.12. The summed E-state index contributed by atoms with van der Waals surface area (Å²) in [6.45, 7) is 14.5. The van der Waals surface area contributed by atoms with Crippen molar-refractivity contribution in [1.29, 1.82) is 0 Å². The summed E-state index contributed by atoms with van der Waals surface area (Å²) in [4.78, 5) is 30.7. The second-order valence-corrected chi connectivity index (χ2v) is 9.49. The number of amides is 1. The molecule has 0 bridgehead atoms. The highest BCUT2D eigenvalue weighted by Crippen LogP contribution is 2.23. The summed E-state index contributed by atoms with van der Waals surface area (Å²) in [7, 11) is -3.60. The number of aryl methyl sites for hydroxylation is 2. The third kappa shape index (κ3) is 6.32. The Morgan fingerprint density at radius 1 is 1.12 bits per heavy atom. The summed E-state index contributed by atoms with van der Waals surface area (Å²) >= 11 is 0. The largest absolute Gasteiger partial charge is 0.456 e. The van der Waals surface area contributed by atoms with Crippen molar-refractivity contribution in [3.63, 3.8) is 0 Å². The quantitative estimate of drug-likeness (QED) is 0.298. The van der Waals surface area contributed by atoms with E-state index in [9.17, 15) is 18.0 Å². The highest BCUT2D eigenvalue weighted by molar-refractivity contribution is 7.89. The lowest BCUT2D eigenvalue weighted by Gasteiger charge is -2.18. The highest BCUT2D eigenvalue weighted by atomic mass is 32.2. The van der Waals surface area contributed by atoms with Crippen LogP contribution in [0.2, 0.25) is 0 Å². The SMILES string of the molecule is C=CCN(CC=C)C(=O)COC(=O)CCc1nc2cc(S(=O)(=O)N(CC)CC)ccc2n1CC. The van der Waals surface area contributed by atoms with Crippen LogP contribution in [-0.4, -0.2) is 71.8 Å². The summed E-state index contributed by atoms with van der Waals surface area (Å²) < 4.78 is 34.2. The number of aromatic nitrogens is 2. The van der Waals surface area contributed by atoms with Crippen LogP contribution in [-0.2, 0) is 37.3 Å². The van der Waals surface area contributed by atoms with Crippen molar-refractivity contribution in [3.8, 4) is 0 Å². The van der Waals surface area contributed by atoms with E-state index < -0.39 is 16.0 Å². The molecule has 0 saturated heterocycles. The van der Waals surface area contributed by atoms with Gasteiger partial charge in [-0.3, -0.25) is 9.59 Å². The number of sulfonamides is 1. The molecule has 0 unspecified atom stereocenters. The number of benzene rings is 1. The van der Waals surface area contributed by atoms with Crippen molar-refractivity contribution in [2.75, 3.05) is 32.8 Å². The Morgan fingerprint density at radius 3 is 2.32 bits per heavy atom. The number of ether oxygens (including phenoxy) is 1. The molecule has 0 aliphatic rings. The van der Waals surface area contributed by atoms with Gasteiger partial charge in [0.25, 0.3) is 5.91 Å². The fourth-order valence-electron chi connectivity index (χ4n) is 3.69. The Hall–Kier alpha value is -2.98. The molecule has 2 aromatic rings. The number of rotatable bonds is 14. The van der Waals surface area contributed by atoms with Crippen LogP contribution in [0.15, 0.2) is 48.4 Å². The van der Waals surface area contributed by atoms with Crippen LogP contribution in [0.5, 0.6) is 0 Å². The van der Waals surface area contributed by atoms with Gasteiger partial charge in [-0.1, -0.05) is 26.0 Å². The van der Waals surface area contributed by atoms with Gasteiger partial charge in [0.05, 0.1) is 22.3 Å².